The summed E-state index contributed by atoms with van der Waals surface area (Å²) in [6, 6.07) is 9.32. The minimum atomic E-state index is -4.13. The lowest BCUT2D eigenvalue weighted by molar-refractivity contribution is 0.153. The number of benzene rings is 2. The summed E-state index contributed by atoms with van der Waals surface area (Å²) < 4.78 is 55.8. The van der Waals surface area contributed by atoms with E-state index in [4.69, 9.17) is 11.6 Å². The summed E-state index contributed by atoms with van der Waals surface area (Å²) in [5.74, 6) is 0. The molecule has 4 rings (SSSR count). The van der Waals surface area contributed by atoms with Crippen molar-refractivity contribution in [2.45, 2.75) is 11.3 Å². The van der Waals surface area contributed by atoms with Crippen molar-refractivity contribution < 1.29 is 17.2 Å². The third-order valence-corrected chi connectivity index (χ3v) is 7.81. The average molecular weight is 505 g/mol. The third kappa shape index (κ3) is 3.65. The monoisotopic (exact) mass is 503 g/mol. The molecule has 3 aromatic rings. The van der Waals surface area contributed by atoms with E-state index in [2.05, 4.69) is 21.2 Å². The maximum atomic E-state index is 13.9. The number of piperazine rings is 1. The maximum Gasteiger partial charge on any atom is 0.269 e. The van der Waals surface area contributed by atoms with Gasteiger partial charge in [0.1, 0.15) is 4.90 Å². The van der Waals surface area contributed by atoms with E-state index >= 15 is 0 Å². The first-order chi connectivity index (χ1) is 13.8. The molecule has 0 amide bonds. The Kier molecular flexibility index (Phi) is 5.58. The smallest absolute Gasteiger partial charge is 0.269 e. The van der Waals surface area contributed by atoms with Crippen LogP contribution in [-0.2, 0) is 10.0 Å². The molecule has 0 atom stereocenters. The number of alkyl halides is 2. The fraction of sp³-hybridized carbons (Fsp3) is 0.263. The highest BCUT2D eigenvalue weighted by molar-refractivity contribution is 9.10. The molecule has 2 aromatic carbocycles. The summed E-state index contributed by atoms with van der Waals surface area (Å²) in [5, 5.41) is 3.71. The zero-order valence-electron chi connectivity index (χ0n) is 15.1. The largest absolute Gasteiger partial charge is 0.368 e. The number of halogens is 4. The second-order valence-corrected chi connectivity index (χ2v) is 9.75. The van der Waals surface area contributed by atoms with Crippen molar-refractivity contribution >= 4 is 54.1 Å². The molecule has 5 nitrogen and oxygen atoms in total. The Morgan fingerprint density at radius 2 is 1.83 bits per heavy atom. The van der Waals surface area contributed by atoms with Crippen LogP contribution in [0.4, 0.5) is 14.5 Å². The number of aromatic nitrogens is 1. The number of fused-ring (bicyclic) bond motifs is 1. The number of rotatable bonds is 4. The lowest BCUT2D eigenvalue weighted by Crippen LogP contribution is -2.43. The van der Waals surface area contributed by atoms with Crippen LogP contribution in [0.2, 0.25) is 5.02 Å². The Morgan fingerprint density at radius 1 is 1.14 bits per heavy atom. The second-order valence-electron chi connectivity index (χ2n) is 6.67. The van der Waals surface area contributed by atoms with Crippen molar-refractivity contribution in [1.82, 2.24) is 9.29 Å². The van der Waals surface area contributed by atoms with Crippen LogP contribution in [0.25, 0.3) is 10.9 Å². The lowest BCUT2D eigenvalue weighted by atomic mass is 10.1. The first-order valence-electron chi connectivity index (χ1n) is 8.89. The van der Waals surface area contributed by atoms with Crippen molar-refractivity contribution in [3.05, 3.63) is 57.7 Å². The Balaban J connectivity index is 2.02. The van der Waals surface area contributed by atoms with Gasteiger partial charge in [0.15, 0.2) is 0 Å². The molecule has 1 fully saturated rings. The standard InChI is InChI=1S/C19H17BrClF2N3O2S/c20-14-3-1-2-4-17(14)29(27,28)26-11-13(19(22)23)18-15(9-12(21)10-16(18)26)25-7-5-24-6-8-25/h1-4,9-11,19,24H,5-8H2. The summed E-state index contributed by atoms with van der Waals surface area (Å²) in [6.07, 6.45) is -1.83. The zero-order valence-corrected chi connectivity index (χ0v) is 18.2. The Labute approximate surface area is 180 Å². The first-order valence-corrected chi connectivity index (χ1v) is 11.5. The number of hydrogen-bond donors (Lipinski definition) is 1. The van der Waals surface area contributed by atoms with Gasteiger partial charge in [-0.05, 0) is 40.2 Å². The van der Waals surface area contributed by atoms with E-state index in [1.54, 1.807) is 24.3 Å². The van der Waals surface area contributed by atoms with Crippen LogP contribution in [0.1, 0.15) is 12.0 Å². The van der Waals surface area contributed by atoms with E-state index in [0.29, 0.717) is 36.3 Å². The number of nitrogens with one attached hydrogen (secondary N) is 1. The Hall–Kier alpha value is -1.68. The molecule has 1 aliphatic rings. The SMILES string of the molecule is O=S(=O)(c1ccccc1Br)n1cc(C(F)F)c2c(N3CCNCC3)cc(Cl)cc21. The molecule has 0 saturated carbocycles. The molecule has 154 valence electrons. The molecule has 1 aliphatic heterocycles. The summed E-state index contributed by atoms with van der Waals surface area (Å²) in [5.41, 5.74) is 0.322. The number of hydrogen-bond acceptors (Lipinski definition) is 4. The lowest BCUT2D eigenvalue weighted by Gasteiger charge is -2.30. The van der Waals surface area contributed by atoms with Gasteiger partial charge in [0, 0.05) is 58.5 Å². The van der Waals surface area contributed by atoms with Crippen molar-refractivity contribution in [1.29, 1.82) is 0 Å². The molecule has 0 radical (unpaired) electrons. The van der Waals surface area contributed by atoms with Gasteiger partial charge in [-0.1, -0.05) is 23.7 Å². The van der Waals surface area contributed by atoms with Gasteiger partial charge in [0.05, 0.1) is 5.52 Å². The molecule has 0 bridgehead atoms. The van der Waals surface area contributed by atoms with Gasteiger partial charge < -0.3 is 10.2 Å². The Morgan fingerprint density at radius 3 is 2.48 bits per heavy atom. The highest BCUT2D eigenvalue weighted by Crippen LogP contribution is 2.40. The van der Waals surface area contributed by atoms with Crippen molar-refractivity contribution in [2.75, 3.05) is 31.1 Å². The van der Waals surface area contributed by atoms with E-state index in [1.165, 1.54) is 12.1 Å². The van der Waals surface area contributed by atoms with Gasteiger partial charge in [0.2, 0.25) is 0 Å². The molecule has 0 aliphatic carbocycles. The van der Waals surface area contributed by atoms with Crippen molar-refractivity contribution in [3.63, 3.8) is 0 Å². The van der Waals surface area contributed by atoms with Gasteiger partial charge in [-0.3, -0.25) is 0 Å². The van der Waals surface area contributed by atoms with Gasteiger partial charge in [-0.15, -0.1) is 0 Å². The highest BCUT2D eigenvalue weighted by atomic mass is 79.9. The minimum Gasteiger partial charge on any atom is -0.368 e. The normalized spacial score (nSPS) is 15.4. The van der Waals surface area contributed by atoms with Crippen molar-refractivity contribution in [3.8, 4) is 0 Å². The minimum absolute atomic E-state index is 0.0126. The van der Waals surface area contributed by atoms with Crippen LogP contribution in [0.15, 0.2) is 52.0 Å². The van der Waals surface area contributed by atoms with Crippen molar-refractivity contribution in [2.24, 2.45) is 0 Å². The molecule has 0 spiro atoms. The summed E-state index contributed by atoms with van der Waals surface area (Å²) in [6.45, 7) is 2.63. The predicted molar refractivity (Wildman–Crippen MR) is 114 cm³/mol. The van der Waals surface area contributed by atoms with Gasteiger partial charge in [-0.2, -0.15) is 0 Å². The van der Waals surface area contributed by atoms with E-state index in [9.17, 15) is 17.2 Å². The molecule has 0 unspecified atom stereocenters. The molecular weight excluding hydrogens is 488 g/mol. The molecule has 1 N–H and O–H groups in total. The molecule has 2 heterocycles. The van der Waals surface area contributed by atoms with Gasteiger partial charge >= 0.3 is 0 Å². The van der Waals surface area contributed by atoms with Crippen LogP contribution in [0.5, 0.6) is 0 Å². The first kappa shape index (κ1) is 20.6. The number of anilines is 1. The van der Waals surface area contributed by atoms with E-state index in [-0.39, 0.29) is 26.4 Å². The molecule has 1 aromatic heterocycles. The fourth-order valence-corrected chi connectivity index (χ4v) is 6.13. The van der Waals surface area contributed by atoms with Crippen LogP contribution in [0, 0.1) is 0 Å². The molecule has 10 heteroatoms. The molecular formula is C19H17BrClF2N3O2S. The second kappa shape index (κ2) is 7.86. The van der Waals surface area contributed by atoms with E-state index in [1.807, 2.05) is 4.90 Å². The van der Waals surface area contributed by atoms with Gasteiger partial charge in [0.25, 0.3) is 16.4 Å². The zero-order chi connectivity index (χ0) is 20.8. The topological polar surface area (TPSA) is 54.3 Å². The average Bonchev–Trinajstić information content (AvgIpc) is 3.08. The van der Waals surface area contributed by atoms with Crippen LogP contribution < -0.4 is 10.2 Å². The van der Waals surface area contributed by atoms with Crippen LogP contribution >= 0.6 is 27.5 Å². The molecule has 29 heavy (non-hydrogen) atoms. The third-order valence-electron chi connectivity index (χ3n) is 4.91. The molecule has 1 saturated heterocycles. The van der Waals surface area contributed by atoms with Gasteiger partial charge in [-0.25, -0.2) is 21.2 Å². The predicted octanol–water partition coefficient (Wildman–Crippen LogP) is 4.64. The highest BCUT2D eigenvalue weighted by Gasteiger charge is 2.29. The summed E-state index contributed by atoms with van der Waals surface area (Å²) in [7, 11) is -4.13. The fourth-order valence-electron chi connectivity index (χ4n) is 3.59. The summed E-state index contributed by atoms with van der Waals surface area (Å²) >= 11 is 9.52. The quantitative estimate of drug-likeness (QED) is 0.562. The summed E-state index contributed by atoms with van der Waals surface area (Å²) in [4.78, 5) is 1.94. The maximum absolute atomic E-state index is 13.9. The van der Waals surface area contributed by atoms with E-state index in [0.717, 1.165) is 10.2 Å². The van der Waals surface area contributed by atoms with Crippen LogP contribution in [-0.4, -0.2) is 38.6 Å². The van der Waals surface area contributed by atoms with Crippen LogP contribution in [0.3, 0.4) is 0 Å². The Bertz CT molecular complexity index is 1180. The number of nitrogens with zero attached hydrogens (tertiary/aromatic N) is 2. The van der Waals surface area contributed by atoms with E-state index < -0.39 is 16.4 Å².